The maximum Gasteiger partial charge on any atom is 0.254 e. The van der Waals surface area contributed by atoms with Crippen molar-refractivity contribution >= 4 is 23.3 Å². The highest BCUT2D eigenvalue weighted by Crippen LogP contribution is 2.40. The largest absolute Gasteiger partial charge is 0.493 e. The normalized spacial score (nSPS) is 16.3. The number of carbonyl (C=O) groups is 2. The van der Waals surface area contributed by atoms with Crippen LogP contribution in [0.1, 0.15) is 36.0 Å². The minimum Gasteiger partial charge on any atom is -0.493 e. The summed E-state index contributed by atoms with van der Waals surface area (Å²) < 4.78 is 16.1. The summed E-state index contributed by atoms with van der Waals surface area (Å²) in [6, 6.07) is 7.10. The number of anilines is 2. The van der Waals surface area contributed by atoms with E-state index in [0.717, 1.165) is 31.7 Å². The number of aromatic nitrogens is 1. The van der Waals surface area contributed by atoms with Gasteiger partial charge in [0.1, 0.15) is 5.82 Å². The Morgan fingerprint density at radius 1 is 0.941 bits per heavy atom. The predicted octanol–water partition coefficient (Wildman–Crippen LogP) is 3.20. The highest BCUT2D eigenvalue weighted by Gasteiger charge is 2.27. The van der Waals surface area contributed by atoms with Gasteiger partial charge in [0.05, 0.1) is 21.3 Å². The lowest BCUT2D eigenvalue weighted by atomic mass is 9.95. The van der Waals surface area contributed by atoms with Gasteiger partial charge in [-0.2, -0.15) is 0 Å². The lowest BCUT2D eigenvalue weighted by Gasteiger charge is -2.32. The summed E-state index contributed by atoms with van der Waals surface area (Å²) in [5.41, 5.74) is 1.27. The third-order valence-corrected chi connectivity index (χ3v) is 6.51. The number of piperidine rings is 1. The summed E-state index contributed by atoms with van der Waals surface area (Å²) in [6.45, 7) is 3.04. The summed E-state index contributed by atoms with van der Waals surface area (Å²) in [6.07, 6.45) is 5.22. The van der Waals surface area contributed by atoms with E-state index in [9.17, 15) is 9.59 Å². The van der Waals surface area contributed by atoms with Gasteiger partial charge in [-0.3, -0.25) is 9.59 Å². The molecule has 0 spiro atoms. The van der Waals surface area contributed by atoms with Gasteiger partial charge in [-0.15, -0.1) is 0 Å². The second-order valence-corrected chi connectivity index (χ2v) is 8.57. The van der Waals surface area contributed by atoms with E-state index < -0.39 is 0 Å². The highest BCUT2D eigenvalue weighted by atomic mass is 16.5. The fourth-order valence-electron chi connectivity index (χ4n) is 4.60. The Hall–Kier alpha value is -3.49. The van der Waals surface area contributed by atoms with Gasteiger partial charge in [0.25, 0.3) is 5.91 Å². The molecule has 9 heteroatoms. The summed E-state index contributed by atoms with van der Waals surface area (Å²) in [5, 5.41) is 2.98. The maximum atomic E-state index is 12.9. The van der Waals surface area contributed by atoms with Crippen LogP contribution in [0.2, 0.25) is 0 Å². The number of ether oxygens (including phenoxy) is 3. The molecule has 0 bridgehead atoms. The molecule has 4 rings (SSSR count). The molecule has 0 radical (unpaired) electrons. The van der Waals surface area contributed by atoms with E-state index in [-0.39, 0.29) is 17.7 Å². The number of rotatable bonds is 7. The molecule has 3 heterocycles. The number of hydrogen-bond acceptors (Lipinski definition) is 7. The minimum absolute atomic E-state index is 0.0418. The van der Waals surface area contributed by atoms with E-state index in [0.29, 0.717) is 54.4 Å². The van der Waals surface area contributed by atoms with Gasteiger partial charge in [0.2, 0.25) is 11.7 Å². The fourth-order valence-corrected chi connectivity index (χ4v) is 4.60. The van der Waals surface area contributed by atoms with Crippen LogP contribution in [0.15, 0.2) is 30.5 Å². The standard InChI is InChI=1S/C25H32N4O5/c1-32-20-15-19(16-21(33-2)23(20)34-3)27-24(30)17-7-12-28(13-8-17)22-14-18(6-9-26-22)25(31)29-10-4-5-11-29/h6,9,14-17H,4-5,7-8,10-13H2,1-3H3,(H,27,30). The SMILES string of the molecule is COc1cc(NC(=O)C2CCN(c3cc(C(=O)N4CCCC4)ccn3)CC2)cc(OC)c1OC. The Balaban J connectivity index is 1.37. The molecule has 2 fully saturated rings. The van der Waals surface area contributed by atoms with Crippen LogP contribution in [0.5, 0.6) is 17.2 Å². The molecule has 182 valence electrons. The summed E-state index contributed by atoms with van der Waals surface area (Å²) in [4.78, 5) is 34.2. The van der Waals surface area contributed by atoms with Crippen molar-refractivity contribution in [2.45, 2.75) is 25.7 Å². The van der Waals surface area contributed by atoms with Crippen LogP contribution in [-0.4, -0.2) is 69.2 Å². The summed E-state index contributed by atoms with van der Waals surface area (Å²) >= 11 is 0. The summed E-state index contributed by atoms with van der Waals surface area (Å²) in [5.74, 6) is 2.15. The minimum atomic E-state index is -0.121. The molecular weight excluding hydrogens is 436 g/mol. The van der Waals surface area contributed by atoms with E-state index in [4.69, 9.17) is 14.2 Å². The van der Waals surface area contributed by atoms with Crippen molar-refractivity contribution < 1.29 is 23.8 Å². The van der Waals surface area contributed by atoms with Crippen LogP contribution < -0.4 is 24.4 Å². The second kappa shape index (κ2) is 10.6. The lowest BCUT2D eigenvalue weighted by molar-refractivity contribution is -0.120. The van der Waals surface area contributed by atoms with Crippen molar-refractivity contribution in [2.75, 3.05) is 57.7 Å². The molecule has 2 aromatic rings. The Kier molecular flexibility index (Phi) is 7.40. The predicted molar refractivity (Wildman–Crippen MR) is 129 cm³/mol. The molecule has 1 N–H and O–H groups in total. The molecule has 9 nitrogen and oxygen atoms in total. The fraction of sp³-hybridized carbons (Fsp3) is 0.480. The molecule has 1 aromatic heterocycles. The van der Waals surface area contributed by atoms with Gasteiger partial charge in [-0.25, -0.2) is 4.98 Å². The van der Waals surface area contributed by atoms with E-state index in [2.05, 4.69) is 15.2 Å². The number of nitrogens with zero attached hydrogens (tertiary/aromatic N) is 3. The zero-order valence-corrected chi connectivity index (χ0v) is 20.0. The third kappa shape index (κ3) is 5.03. The van der Waals surface area contributed by atoms with Crippen LogP contribution in [0, 0.1) is 5.92 Å². The number of amides is 2. The van der Waals surface area contributed by atoms with E-state index in [1.54, 1.807) is 45.7 Å². The smallest absolute Gasteiger partial charge is 0.254 e. The van der Waals surface area contributed by atoms with E-state index in [1.165, 1.54) is 0 Å². The number of carbonyl (C=O) groups excluding carboxylic acids is 2. The summed E-state index contributed by atoms with van der Waals surface area (Å²) in [7, 11) is 4.62. The maximum absolute atomic E-state index is 12.9. The monoisotopic (exact) mass is 468 g/mol. The topological polar surface area (TPSA) is 93.2 Å². The Labute approximate surface area is 200 Å². The molecule has 2 saturated heterocycles. The second-order valence-electron chi connectivity index (χ2n) is 8.57. The molecule has 0 atom stereocenters. The van der Waals surface area contributed by atoms with Crippen LogP contribution in [0.25, 0.3) is 0 Å². The van der Waals surface area contributed by atoms with Gasteiger partial charge in [-0.1, -0.05) is 0 Å². The van der Waals surface area contributed by atoms with Crippen LogP contribution >= 0.6 is 0 Å². The molecule has 2 aliphatic heterocycles. The van der Waals surface area contributed by atoms with Crippen LogP contribution in [-0.2, 0) is 4.79 Å². The third-order valence-electron chi connectivity index (χ3n) is 6.51. The molecule has 2 amide bonds. The van der Waals surface area contributed by atoms with Crippen molar-refractivity contribution in [2.24, 2.45) is 5.92 Å². The quantitative estimate of drug-likeness (QED) is 0.667. The first kappa shape index (κ1) is 23.7. The Bertz CT molecular complexity index is 1000. The molecule has 0 aliphatic carbocycles. The number of hydrogen-bond donors (Lipinski definition) is 1. The molecule has 0 unspecified atom stereocenters. The van der Waals surface area contributed by atoms with E-state index in [1.807, 2.05) is 11.0 Å². The van der Waals surface area contributed by atoms with Crippen molar-refractivity contribution in [1.82, 2.24) is 9.88 Å². The molecule has 34 heavy (non-hydrogen) atoms. The zero-order chi connectivity index (χ0) is 24.1. The van der Waals surface area contributed by atoms with E-state index >= 15 is 0 Å². The van der Waals surface area contributed by atoms with Crippen LogP contribution in [0.3, 0.4) is 0 Å². The van der Waals surface area contributed by atoms with Gasteiger partial charge in [-0.05, 0) is 37.8 Å². The number of benzene rings is 1. The first-order valence-corrected chi connectivity index (χ1v) is 11.6. The lowest BCUT2D eigenvalue weighted by Crippen LogP contribution is -2.38. The molecule has 1 aromatic carbocycles. The van der Waals surface area contributed by atoms with Crippen molar-refractivity contribution in [3.8, 4) is 17.2 Å². The average molecular weight is 469 g/mol. The highest BCUT2D eigenvalue weighted by molar-refractivity contribution is 5.95. The van der Waals surface area contributed by atoms with Gasteiger partial charge in [0.15, 0.2) is 11.5 Å². The van der Waals surface area contributed by atoms with Gasteiger partial charge >= 0.3 is 0 Å². The molecule has 2 aliphatic rings. The van der Waals surface area contributed by atoms with Crippen molar-refractivity contribution in [3.05, 3.63) is 36.0 Å². The molecular formula is C25H32N4O5. The zero-order valence-electron chi connectivity index (χ0n) is 20.0. The van der Waals surface area contributed by atoms with Crippen LogP contribution in [0.4, 0.5) is 11.5 Å². The van der Waals surface area contributed by atoms with Gasteiger partial charge in [0, 0.05) is 61.7 Å². The number of pyridine rings is 1. The first-order valence-electron chi connectivity index (χ1n) is 11.6. The Morgan fingerprint density at radius 3 is 2.18 bits per heavy atom. The van der Waals surface area contributed by atoms with Crippen molar-refractivity contribution in [3.63, 3.8) is 0 Å². The number of likely N-dealkylation sites (tertiary alicyclic amines) is 1. The average Bonchev–Trinajstić information content (AvgIpc) is 3.43. The number of methoxy groups -OCH3 is 3. The Morgan fingerprint density at radius 2 is 1.59 bits per heavy atom. The number of nitrogens with one attached hydrogen (secondary N) is 1. The molecule has 0 saturated carbocycles. The van der Waals surface area contributed by atoms with Gasteiger partial charge < -0.3 is 29.3 Å². The van der Waals surface area contributed by atoms with Crippen molar-refractivity contribution in [1.29, 1.82) is 0 Å². The first-order chi connectivity index (χ1) is 16.5.